The van der Waals surface area contributed by atoms with Crippen molar-refractivity contribution in [3.63, 3.8) is 0 Å². The number of carbonyl (C=O) groups is 2. The molecule has 4 nitrogen and oxygen atoms in total. The van der Waals surface area contributed by atoms with Gasteiger partial charge in [0.25, 0.3) is 0 Å². The van der Waals surface area contributed by atoms with E-state index in [0.717, 1.165) is 17.5 Å². The van der Waals surface area contributed by atoms with Crippen molar-refractivity contribution in [2.45, 2.75) is 31.8 Å². The summed E-state index contributed by atoms with van der Waals surface area (Å²) in [5.41, 5.74) is 3.35. The summed E-state index contributed by atoms with van der Waals surface area (Å²) < 4.78 is 0. The standard InChI is InChI=1S/C24H22N2O2S2/c1-16(27)25-11-8-17-5-2-3-6-18(17)20(25)15-23(28)26-12-9-21-19(10-14-30-21)24(26)22-7-4-13-29-22/h2-8,10-11,13-14,20,24H,9,12,15H2,1H3/t20-,24+/m0/s1. The van der Waals surface area contributed by atoms with Gasteiger partial charge in [0.05, 0.1) is 18.5 Å². The number of fused-ring (bicyclic) bond motifs is 2. The van der Waals surface area contributed by atoms with Crippen LogP contribution in [0.5, 0.6) is 0 Å². The number of rotatable bonds is 3. The zero-order valence-corrected chi connectivity index (χ0v) is 18.3. The summed E-state index contributed by atoms with van der Waals surface area (Å²) in [6.45, 7) is 2.27. The number of benzene rings is 1. The Hall–Kier alpha value is -2.70. The van der Waals surface area contributed by atoms with Crippen LogP contribution in [-0.2, 0) is 16.0 Å². The summed E-state index contributed by atoms with van der Waals surface area (Å²) in [5.74, 6) is 0.0405. The van der Waals surface area contributed by atoms with Crippen molar-refractivity contribution in [1.29, 1.82) is 0 Å². The van der Waals surface area contributed by atoms with E-state index in [1.807, 2.05) is 47.5 Å². The third kappa shape index (κ3) is 3.30. The lowest BCUT2D eigenvalue weighted by molar-refractivity contribution is -0.136. The minimum atomic E-state index is -0.274. The van der Waals surface area contributed by atoms with Gasteiger partial charge in [-0.25, -0.2) is 0 Å². The van der Waals surface area contributed by atoms with Crippen LogP contribution in [0.2, 0.25) is 0 Å². The molecule has 0 saturated heterocycles. The van der Waals surface area contributed by atoms with E-state index in [0.29, 0.717) is 6.54 Å². The van der Waals surface area contributed by atoms with Gasteiger partial charge in [-0.2, -0.15) is 0 Å². The second kappa shape index (κ2) is 7.85. The normalized spacial score (nSPS) is 20.0. The van der Waals surface area contributed by atoms with Gasteiger partial charge in [-0.3, -0.25) is 9.59 Å². The first-order valence-electron chi connectivity index (χ1n) is 10.1. The van der Waals surface area contributed by atoms with Crippen LogP contribution in [0, 0.1) is 0 Å². The molecule has 2 aliphatic rings. The van der Waals surface area contributed by atoms with E-state index >= 15 is 0 Å². The summed E-state index contributed by atoms with van der Waals surface area (Å²) in [4.78, 5) is 32.2. The minimum absolute atomic E-state index is 0.0346. The van der Waals surface area contributed by atoms with Crippen molar-refractivity contribution < 1.29 is 9.59 Å². The van der Waals surface area contributed by atoms with E-state index < -0.39 is 0 Å². The average Bonchev–Trinajstić information content (AvgIpc) is 3.45. The fourth-order valence-electron chi connectivity index (χ4n) is 4.53. The fraction of sp³-hybridized carbons (Fsp3) is 0.250. The first kappa shape index (κ1) is 19.3. The Morgan fingerprint density at radius 2 is 1.90 bits per heavy atom. The quantitative estimate of drug-likeness (QED) is 0.565. The van der Waals surface area contributed by atoms with Crippen LogP contribution in [0.15, 0.2) is 59.4 Å². The molecule has 2 atom stereocenters. The van der Waals surface area contributed by atoms with Crippen molar-refractivity contribution in [3.05, 3.63) is 85.9 Å². The lowest BCUT2D eigenvalue weighted by Crippen LogP contribution is -2.42. The van der Waals surface area contributed by atoms with Crippen LogP contribution < -0.4 is 0 Å². The van der Waals surface area contributed by atoms with Gasteiger partial charge in [-0.1, -0.05) is 30.3 Å². The smallest absolute Gasteiger partial charge is 0.225 e. The Labute approximate surface area is 184 Å². The maximum Gasteiger partial charge on any atom is 0.225 e. The molecule has 1 aromatic carbocycles. The number of amides is 2. The number of hydrogen-bond donors (Lipinski definition) is 0. The molecule has 0 radical (unpaired) electrons. The molecule has 0 N–H and O–H groups in total. The highest BCUT2D eigenvalue weighted by molar-refractivity contribution is 7.10. The van der Waals surface area contributed by atoms with Gasteiger partial charge >= 0.3 is 0 Å². The third-order valence-electron chi connectivity index (χ3n) is 5.94. The Balaban J connectivity index is 1.48. The van der Waals surface area contributed by atoms with Crippen LogP contribution in [0.4, 0.5) is 0 Å². The molecule has 2 aromatic heterocycles. The van der Waals surface area contributed by atoms with Gasteiger partial charge in [-0.05, 0) is 52.1 Å². The van der Waals surface area contributed by atoms with Crippen molar-refractivity contribution in [2.75, 3.05) is 6.54 Å². The zero-order valence-electron chi connectivity index (χ0n) is 16.7. The van der Waals surface area contributed by atoms with Crippen molar-refractivity contribution in [3.8, 4) is 0 Å². The topological polar surface area (TPSA) is 40.6 Å². The predicted octanol–water partition coefficient (Wildman–Crippen LogP) is 5.25. The van der Waals surface area contributed by atoms with Crippen molar-refractivity contribution in [1.82, 2.24) is 9.80 Å². The summed E-state index contributed by atoms with van der Waals surface area (Å²) in [6.07, 6.45) is 4.93. The largest absolute Gasteiger partial charge is 0.330 e. The Bertz CT molecular complexity index is 1120. The highest BCUT2D eigenvalue weighted by atomic mass is 32.1. The monoisotopic (exact) mass is 434 g/mol. The number of thiophene rings is 2. The summed E-state index contributed by atoms with van der Waals surface area (Å²) in [5, 5.41) is 4.19. The second-order valence-corrected chi connectivity index (χ2v) is 9.63. The average molecular weight is 435 g/mol. The van der Waals surface area contributed by atoms with Crippen molar-refractivity contribution >= 4 is 40.6 Å². The summed E-state index contributed by atoms with van der Waals surface area (Å²) >= 11 is 3.47. The SMILES string of the molecule is CC(=O)N1C=Cc2ccccc2[C@@H]1CC(=O)N1CCc2sccc2[C@@H]1c1cccs1. The van der Waals surface area contributed by atoms with E-state index in [1.54, 1.807) is 34.5 Å². The number of nitrogens with zero attached hydrogens (tertiary/aromatic N) is 2. The second-order valence-electron chi connectivity index (χ2n) is 7.65. The van der Waals surface area contributed by atoms with Gasteiger partial charge < -0.3 is 9.80 Å². The van der Waals surface area contributed by atoms with E-state index in [2.05, 4.69) is 22.9 Å². The van der Waals surface area contributed by atoms with E-state index in [-0.39, 0.29) is 30.3 Å². The van der Waals surface area contributed by atoms with E-state index in [9.17, 15) is 9.59 Å². The maximum absolute atomic E-state index is 13.7. The molecule has 152 valence electrons. The molecule has 4 heterocycles. The first-order valence-corrected chi connectivity index (χ1v) is 11.8. The number of carbonyl (C=O) groups excluding carboxylic acids is 2. The van der Waals surface area contributed by atoms with Crippen LogP contribution in [-0.4, -0.2) is 28.2 Å². The summed E-state index contributed by atoms with van der Waals surface area (Å²) in [6, 6.07) is 14.0. The van der Waals surface area contributed by atoms with Crippen molar-refractivity contribution in [2.24, 2.45) is 0 Å². The van der Waals surface area contributed by atoms with Crippen LogP contribution in [0.3, 0.4) is 0 Å². The maximum atomic E-state index is 13.7. The van der Waals surface area contributed by atoms with E-state index in [1.165, 1.54) is 15.3 Å². The molecule has 2 amide bonds. The molecule has 0 bridgehead atoms. The molecule has 0 spiro atoms. The molecule has 0 unspecified atom stereocenters. The van der Waals surface area contributed by atoms with Crippen LogP contribution in [0.25, 0.3) is 6.08 Å². The van der Waals surface area contributed by atoms with Crippen LogP contribution in [0.1, 0.15) is 51.9 Å². The Morgan fingerprint density at radius 3 is 2.70 bits per heavy atom. The lowest BCUT2D eigenvalue weighted by Gasteiger charge is -2.38. The molecule has 6 heteroatoms. The molecule has 0 aliphatic carbocycles. The third-order valence-corrected chi connectivity index (χ3v) is 7.86. The Morgan fingerprint density at radius 1 is 1.03 bits per heavy atom. The molecule has 3 aromatic rings. The molecule has 2 aliphatic heterocycles. The van der Waals surface area contributed by atoms with E-state index in [4.69, 9.17) is 0 Å². The van der Waals surface area contributed by atoms with Gasteiger partial charge in [0.1, 0.15) is 0 Å². The summed E-state index contributed by atoms with van der Waals surface area (Å²) in [7, 11) is 0. The lowest BCUT2D eigenvalue weighted by atomic mass is 9.92. The fourth-order valence-corrected chi connectivity index (χ4v) is 6.29. The molecule has 5 rings (SSSR count). The molecule has 30 heavy (non-hydrogen) atoms. The zero-order chi connectivity index (χ0) is 20.7. The highest BCUT2D eigenvalue weighted by Crippen LogP contribution is 2.41. The van der Waals surface area contributed by atoms with Gasteiger partial charge in [0.15, 0.2) is 0 Å². The molecular formula is C24H22N2O2S2. The van der Waals surface area contributed by atoms with Crippen LogP contribution >= 0.6 is 22.7 Å². The minimum Gasteiger partial charge on any atom is -0.330 e. The Kier molecular flexibility index (Phi) is 5.05. The van der Waals surface area contributed by atoms with Gasteiger partial charge in [0, 0.05) is 29.4 Å². The first-order chi connectivity index (χ1) is 14.6. The molecule has 0 fully saturated rings. The van der Waals surface area contributed by atoms with Gasteiger partial charge in [-0.15, -0.1) is 22.7 Å². The predicted molar refractivity (Wildman–Crippen MR) is 121 cm³/mol. The molecular weight excluding hydrogens is 412 g/mol. The van der Waals surface area contributed by atoms with Gasteiger partial charge in [0.2, 0.25) is 11.8 Å². The number of hydrogen-bond acceptors (Lipinski definition) is 4. The molecule has 0 saturated carbocycles. The highest BCUT2D eigenvalue weighted by Gasteiger charge is 2.36.